The van der Waals surface area contributed by atoms with Gasteiger partial charge in [-0.3, -0.25) is 9.59 Å². The number of ketones is 1. The molecule has 21 heavy (non-hydrogen) atoms. The van der Waals surface area contributed by atoms with E-state index in [9.17, 15) is 18.0 Å². The van der Waals surface area contributed by atoms with Gasteiger partial charge in [0.15, 0.2) is 5.78 Å². The van der Waals surface area contributed by atoms with Crippen molar-refractivity contribution in [1.29, 1.82) is 0 Å². The number of hydrogen-bond acceptors (Lipinski definition) is 4. The molecule has 8 heteroatoms. The SMILES string of the molecule is C=CCNC(=O)CCC(=O)c1ccc(Cl)c(S(N)(=O)=O)c1. The summed E-state index contributed by atoms with van der Waals surface area (Å²) in [6.45, 7) is 3.78. The van der Waals surface area contributed by atoms with Gasteiger partial charge in [0.25, 0.3) is 0 Å². The summed E-state index contributed by atoms with van der Waals surface area (Å²) in [6, 6.07) is 3.79. The second kappa shape index (κ2) is 7.35. The topological polar surface area (TPSA) is 106 Å². The van der Waals surface area contributed by atoms with Gasteiger partial charge < -0.3 is 5.32 Å². The van der Waals surface area contributed by atoms with Gasteiger partial charge in [0.2, 0.25) is 15.9 Å². The predicted molar refractivity (Wildman–Crippen MR) is 79.6 cm³/mol. The lowest BCUT2D eigenvalue weighted by Gasteiger charge is -2.06. The summed E-state index contributed by atoms with van der Waals surface area (Å²) in [4.78, 5) is 23.0. The van der Waals surface area contributed by atoms with E-state index in [-0.39, 0.29) is 40.0 Å². The highest BCUT2D eigenvalue weighted by Gasteiger charge is 2.16. The monoisotopic (exact) mass is 330 g/mol. The van der Waals surface area contributed by atoms with Crippen molar-refractivity contribution in [3.8, 4) is 0 Å². The van der Waals surface area contributed by atoms with E-state index in [1.807, 2.05) is 0 Å². The fourth-order valence-corrected chi connectivity index (χ4v) is 2.61. The van der Waals surface area contributed by atoms with E-state index in [4.69, 9.17) is 16.7 Å². The predicted octanol–water partition coefficient (Wildman–Crippen LogP) is 1.25. The normalized spacial score (nSPS) is 11.0. The van der Waals surface area contributed by atoms with Crippen molar-refractivity contribution in [3.63, 3.8) is 0 Å². The van der Waals surface area contributed by atoms with Crippen LogP contribution in [0, 0.1) is 0 Å². The molecule has 0 bridgehead atoms. The van der Waals surface area contributed by atoms with Crippen LogP contribution in [0.4, 0.5) is 0 Å². The number of carbonyl (C=O) groups excluding carboxylic acids is 2. The van der Waals surface area contributed by atoms with E-state index in [1.165, 1.54) is 18.2 Å². The number of amides is 1. The Morgan fingerprint density at radius 2 is 2.00 bits per heavy atom. The largest absolute Gasteiger partial charge is 0.353 e. The molecule has 0 aliphatic rings. The van der Waals surface area contributed by atoms with Gasteiger partial charge in [-0.25, -0.2) is 13.6 Å². The first-order valence-electron chi connectivity index (χ1n) is 5.99. The van der Waals surface area contributed by atoms with Gasteiger partial charge in [0.05, 0.1) is 5.02 Å². The zero-order valence-corrected chi connectivity index (χ0v) is 12.7. The van der Waals surface area contributed by atoms with Crippen molar-refractivity contribution in [2.45, 2.75) is 17.7 Å². The lowest BCUT2D eigenvalue weighted by atomic mass is 10.1. The van der Waals surface area contributed by atoms with Crippen LogP contribution in [0.25, 0.3) is 0 Å². The average Bonchev–Trinajstić information content (AvgIpc) is 2.41. The van der Waals surface area contributed by atoms with Gasteiger partial charge in [-0.05, 0) is 18.2 Å². The molecule has 0 aliphatic heterocycles. The summed E-state index contributed by atoms with van der Waals surface area (Å²) in [5.41, 5.74) is 0.139. The highest BCUT2D eigenvalue weighted by molar-refractivity contribution is 7.89. The molecule has 1 aromatic carbocycles. The molecule has 0 heterocycles. The highest BCUT2D eigenvalue weighted by Crippen LogP contribution is 2.22. The van der Waals surface area contributed by atoms with Crippen LogP contribution in [0.5, 0.6) is 0 Å². The molecule has 0 unspecified atom stereocenters. The number of nitrogens with two attached hydrogens (primary N) is 1. The molecule has 114 valence electrons. The Balaban J connectivity index is 2.80. The molecule has 0 atom stereocenters. The number of primary sulfonamides is 1. The highest BCUT2D eigenvalue weighted by atomic mass is 35.5. The van der Waals surface area contributed by atoms with Crippen LogP contribution in [-0.2, 0) is 14.8 Å². The molecule has 0 aliphatic carbocycles. The van der Waals surface area contributed by atoms with Gasteiger partial charge >= 0.3 is 0 Å². The van der Waals surface area contributed by atoms with E-state index in [0.29, 0.717) is 6.54 Å². The lowest BCUT2D eigenvalue weighted by Crippen LogP contribution is -2.23. The minimum Gasteiger partial charge on any atom is -0.353 e. The first-order valence-corrected chi connectivity index (χ1v) is 7.91. The van der Waals surface area contributed by atoms with E-state index < -0.39 is 10.0 Å². The number of halogens is 1. The van der Waals surface area contributed by atoms with Gasteiger partial charge in [0, 0.05) is 24.9 Å². The summed E-state index contributed by atoms with van der Waals surface area (Å²) in [5.74, 6) is -0.658. The molecule has 0 spiro atoms. The number of sulfonamides is 1. The van der Waals surface area contributed by atoms with Crippen LogP contribution in [-0.4, -0.2) is 26.7 Å². The number of benzene rings is 1. The fourth-order valence-electron chi connectivity index (χ4n) is 1.54. The minimum atomic E-state index is -4.01. The van der Waals surface area contributed by atoms with Crippen LogP contribution in [0.3, 0.4) is 0 Å². The minimum absolute atomic E-state index is 0.00000803. The van der Waals surface area contributed by atoms with E-state index >= 15 is 0 Å². The summed E-state index contributed by atoms with van der Waals surface area (Å²) in [7, 11) is -4.01. The van der Waals surface area contributed by atoms with Crippen LogP contribution in [0.2, 0.25) is 5.02 Å². The molecule has 0 radical (unpaired) electrons. The molecule has 0 aromatic heterocycles. The van der Waals surface area contributed by atoms with Gasteiger partial charge in [-0.15, -0.1) is 6.58 Å². The van der Waals surface area contributed by atoms with Crippen LogP contribution < -0.4 is 10.5 Å². The van der Waals surface area contributed by atoms with E-state index in [1.54, 1.807) is 0 Å². The van der Waals surface area contributed by atoms with Crippen molar-refractivity contribution in [3.05, 3.63) is 41.4 Å². The lowest BCUT2D eigenvalue weighted by molar-refractivity contribution is -0.120. The Labute approximate surface area is 128 Å². The number of rotatable bonds is 7. The van der Waals surface area contributed by atoms with E-state index in [0.717, 1.165) is 6.07 Å². The van der Waals surface area contributed by atoms with Crippen molar-refractivity contribution in [2.75, 3.05) is 6.54 Å². The van der Waals surface area contributed by atoms with Gasteiger partial charge in [-0.2, -0.15) is 0 Å². The first-order chi connectivity index (χ1) is 9.75. The number of carbonyl (C=O) groups is 2. The average molecular weight is 331 g/mol. The van der Waals surface area contributed by atoms with Crippen LogP contribution >= 0.6 is 11.6 Å². The van der Waals surface area contributed by atoms with E-state index in [2.05, 4.69) is 11.9 Å². The smallest absolute Gasteiger partial charge is 0.239 e. The Bertz CT molecular complexity index is 671. The van der Waals surface area contributed by atoms with Crippen molar-refractivity contribution >= 4 is 33.3 Å². The number of Topliss-reactive ketones (excluding diaryl/α,β-unsaturated/α-hetero) is 1. The Morgan fingerprint density at radius 3 is 2.57 bits per heavy atom. The molecule has 1 rings (SSSR count). The molecule has 0 saturated carbocycles. The molecule has 3 N–H and O–H groups in total. The summed E-state index contributed by atoms with van der Waals surface area (Å²) >= 11 is 5.73. The summed E-state index contributed by atoms with van der Waals surface area (Å²) in [5, 5.41) is 7.49. The Morgan fingerprint density at radius 1 is 1.33 bits per heavy atom. The third kappa shape index (κ3) is 5.30. The molecule has 0 fully saturated rings. The fraction of sp³-hybridized carbons (Fsp3) is 0.231. The molecule has 1 aromatic rings. The maximum Gasteiger partial charge on any atom is 0.239 e. The van der Waals surface area contributed by atoms with Gasteiger partial charge in [-0.1, -0.05) is 17.7 Å². The maximum atomic E-state index is 11.9. The number of nitrogens with one attached hydrogen (secondary N) is 1. The second-order valence-electron chi connectivity index (χ2n) is 4.21. The zero-order chi connectivity index (χ0) is 16.0. The van der Waals surface area contributed by atoms with Crippen molar-refractivity contribution < 1.29 is 18.0 Å². The second-order valence-corrected chi connectivity index (χ2v) is 6.14. The number of hydrogen-bond donors (Lipinski definition) is 2. The zero-order valence-electron chi connectivity index (χ0n) is 11.1. The van der Waals surface area contributed by atoms with Crippen molar-refractivity contribution in [2.24, 2.45) is 5.14 Å². The molecule has 0 saturated heterocycles. The molecule has 1 amide bonds. The van der Waals surface area contributed by atoms with Crippen molar-refractivity contribution in [1.82, 2.24) is 5.32 Å². The standard InChI is InChI=1S/C13H15ClN2O4S/c1-2-7-16-13(18)6-5-11(17)9-3-4-10(14)12(8-9)21(15,19)20/h2-4,8H,1,5-7H2,(H,16,18)(H2,15,19,20). The first kappa shape index (κ1) is 17.4. The van der Waals surface area contributed by atoms with Crippen LogP contribution in [0.15, 0.2) is 35.7 Å². The maximum absolute atomic E-state index is 11.9. The summed E-state index contributed by atoms with van der Waals surface area (Å²) < 4.78 is 22.6. The molecular weight excluding hydrogens is 316 g/mol. The Kier molecular flexibility index (Phi) is 6.07. The van der Waals surface area contributed by atoms with Crippen LogP contribution in [0.1, 0.15) is 23.2 Å². The third-order valence-corrected chi connectivity index (χ3v) is 3.97. The Hall–Kier alpha value is -1.70. The molecule has 6 nitrogen and oxygen atoms in total. The molecular formula is C13H15ClN2O4S. The third-order valence-electron chi connectivity index (χ3n) is 2.58. The van der Waals surface area contributed by atoms with Gasteiger partial charge in [0.1, 0.15) is 4.90 Å². The summed E-state index contributed by atoms with van der Waals surface area (Å²) in [6.07, 6.45) is 1.48. The quantitative estimate of drug-likeness (QED) is 0.579.